The van der Waals surface area contributed by atoms with Crippen molar-refractivity contribution in [2.75, 3.05) is 19.4 Å². The van der Waals surface area contributed by atoms with Gasteiger partial charge in [-0.25, -0.2) is 0 Å². The highest BCUT2D eigenvalue weighted by Crippen LogP contribution is 2.15. The van der Waals surface area contributed by atoms with Gasteiger partial charge in [-0.2, -0.15) is 0 Å². The van der Waals surface area contributed by atoms with E-state index in [9.17, 15) is 4.79 Å². The van der Waals surface area contributed by atoms with E-state index < -0.39 is 0 Å². The van der Waals surface area contributed by atoms with E-state index in [0.717, 1.165) is 22.6 Å². The SMILES string of the molecule is CCOc1ccc(CN(C)C(=O)CCc2ccccc2N)cc1. The van der Waals surface area contributed by atoms with Crippen LogP contribution in [0.4, 0.5) is 5.69 Å². The average Bonchev–Trinajstić information content (AvgIpc) is 2.56. The van der Waals surface area contributed by atoms with Crippen LogP contribution in [-0.4, -0.2) is 24.5 Å². The molecule has 2 rings (SSSR count). The van der Waals surface area contributed by atoms with Crippen LogP contribution in [0.1, 0.15) is 24.5 Å². The number of carbonyl (C=O) groups is 1. The van der Waals surface area contributed by atoms with Gasteiger partial charge >= 0.3 is 0 Å². The summed E-state index contributed by atoms with van der Waals surface area (Å²) in [4.78, 5) is 14.0. The fourth-order valence-corrected chi connectivity index (χ4v) is 2.41. The predicted molar refractivity (Wildman–Crippen MR) is 93.3 cm³/mol. The second-order valence-electron chi connectivity index (χ2n) is 5.53. The zero-order valence-electron chi connectivity index (χ0n) is 13.8. The molecule has 0 saturated heterocycles. The monoisotopic (exact) mass is 312 g/mol. The highest BCUT2D eigenvalue weighted by atomic mass is 16.5. The molecule has 0 unspecified atom stereocenters. The molecule has 2 aromatic rings. The van der Waals surface area contributed by atoms with Gasteiger partial charge in [0.05, 0.1) is 6.61 Å². The first-order valence-electron chi connectivity index (χ1n) is 7.89. The number of aryl methyl sites for hydroxylation is 1. The molecule has 0 fully saturated rings. The van der Waals surface area contributed by atoms with Gasteiger partial charge in [0.25, 0.3) is 0 Å². The first-order chi connectivity index (χ1) is 11.1. The zero-order chi connectivity index (χ0) is 16.7. The van der Waals surface area contributed by atoms with Crippen molar-refractivity contribution in [3.63, 3.8) is 0 Å². The van der Waals surface area contributed by atoms with E-state index in [1.165, 1.54) is 0 Å². The van der Waals surface area contributed by atoms with Crippen molar-refractivity contribution in [1.82, 2.24) is 4.90 Å². The van der Waals surface area contributed by atoms with Crippen LogP contribution in [0.15, 0.2) is 48.5 Å². The van der Waals surface area contributed by atoms with Crippen LogP contribution in [0.25, 0.3) is 0 Å². The fraction of sp³-hybridized carbons (Fsp3) is 0.316. The quantitative estimate of drug-likeness (QED) is 0.798. The lowest BCUT2D eigenvalue weighted by molar-refractivity contribution is -0.130. The molecule has 0 atom stereocenters. The Bertz CT molecular complexity index is 638. The number of benzene rings is 2. The number of para-hydroxylation sites is 1. The van der Waals surface area contributed by atoms with Gasteiger partial charge < -0.3 is 15.4 Å². The standard InChI is InChI=1S/C19H24N2O2/c1-3-23-17-11-8-15(9-12-17)14-21(2)19(22)13-10-16-6-4-5-7-18(16)20/h4-9,11-12H,3,10,13-14,20H2,1-2H3. The molecule has 0 aliphatic heterocycles. The Morgan fingerprint density at radius 3 is 2.48 bits per heavy atom. The van der Waals surface area contributed by atoms with Gasteiger partial charge in [0.2, 0.25) is 5.91 Å². The first kappa shape index (κ1) is 16.9. The summed E-state index contributed by atoms with van der Waals surface area (Å²) in [7, 11) is 1.83. The predicted octanol–water partition coefficient (Wildman–Crippen LogP) is 3.26. The number of ether oxygens (including phenoxy) is 1. The Hall–Kier alpha value is -2.49. The number of anilines is 1. The fourth-order valence-electron chi connectivity index (χ4n) is 2.41. The van der Waals surface area contributed by atoms with Gasteiger partial charge in [0, 0.05) is 25.7 Å². The van der Waals surface area contributed by atoms with E-state index >= 15 is 0 Å². The van der Waals surface area contributed by atoms with Crippen LogP contribution in [0.3, 0.4) is 0 Å². The summed E-state index contributed by atoms with van der Waals surface area (Å²) < 4.78 is 5.42. The van der Waals surface area contributed by atoms with Crippen molar-refractivity contribution < 1.29 is 9.53 Å². The summed E-state index contributed by atoms with van der Waals surface area (Å²) in [5, 5.41) is 0. The van der Waals surface area contributed by atoms with Crippen LogP contribution >= 0.6 is 0 Å². The molecular weight excluding hydrogens is 288 g/mol. The van der Waals surface area contributed by atoms with Crippen LogP contribution < -0.4 is 10.5 Å². The second kappa shape index (κ2) is 8.22. The Kier molecular flexibility index (Phi) is 6.03. The summed E-state index contributed by atoms with van der Waals surface area (Å²) in [6, 6.07) is 15.5. The van der Waals surface area contributed by atoms with Crippen LogP contribution in [0.5, 0.6) is 5.75 Å². The topological polar surface area (TPSA) is 55.6 Å². The molecule has 4 nitrogen and oxygen atoms in total. The molecule has 0 radical (unpaired) electrons. The number of nitrogens with two attached hydrogens (primary N) is 1. The number of rotatable bonds is 7. The molecule has 1 amide bonds. The second-order valence-corrected chi connectivity index (χ2v) is 5.53. The zero-order valence-corrected chi connectivity index (χ0v) is 13.8. The Balaban J connectivity index is 1.86. The molecular formula is C19H24N2O2. The molecule has 0 saturated carbocycles. The molecule has 0 aromatic heterocycles. The summed E-state index contributed by atoms with van der Waals surface area (Å²) in [6.45, 7) is 3.20. The Morgan fingerprint density at radius 1 is 1.13 bits per heavy atom. The third-order valence-electron chi connectivity index (χ3n) is 3.74. The largest absolute Gasteiger partial charge is 0.494 e. The number of hydrogen-bond donors (Lipinski definition) is 1. The molecule has 0 spiro atoms. The lowest BCUT2D eigenvalue weighted by atomic mass is 10.1. The minimum atomic E-state index is 0.113. The highest BCUT2D eigenvalue weighted by Gasteiger charge is 2.10. The van der Waals surface area contributed by atoms with E-state index in [0.29, 0.717) is 26.0 Å². The van der Waals surface area contributed by atoms with Gasteiger partial charge in [-0.05, 0) is 42.7 Å². The van der Waals surface area contributed by atoms with Crippen LogP contribution in [0, 0.1) is 0 Å². The van der Waals surface area contributed by atoms with Gasteiger partial charge in [0.15, 0.2) is 0 Å². The lowest BCUT2D eigenvalue weighted by Gasteiger charge is -2.18. The normalized spacial score (nSPS) is 10.3. The third kappa shape index (κ3) is 5.02. The third-order valence-corrected chi connectivity index (χ3v) is 3.74. The van der Waals surface area contributed by atoms with Crippen LogP contribution in [-0.2, 0) is 17.8 Å². The summed E-state index contributed by atoms with van der Waals surface area (Å²) in [6.07, 6.45) is 1.13. The Morgan fingerprint density at radius 2 is 1.83 bits per heavy atom. The van der Waals surface area contributed by atoms with Crippen molar-refractivity contribution >= 4 is 11.6 Å². The summed E-state index contributed by atoms with van der Waals surface area (Å²) in [5.74, 6) is 0.965. The van der Waals surface area contributed by atoms with Crippen molar-refractivity contribution in [3.8, 4) is 5.75 Å². The Labute approximate surface area is 137 Å². The number of nitrogens with zero attached hydrogens (tertiary/aromatic N) is 1. The maximum Gasteiger partial charge on any atom is 0.222 e. The summed E-state index contributed by atoms with van der Waals surface area (Å²) in [5.41, 5.74) is 8.76. The van der Waals surface area contributed by atoms with E-state index in [1.807, 2.05) is 62.5 Å². The molecule has 0 aliphatic carbocycles. The molecule has 23 heavy (non-hydrogen) atoms. The number of carbonyl (C=O) groups excluding carboxylic acids is 1. The minimum Gasteiger partial charge on any atom is -0.494 e. The molecule has 122 valence electrons. The van der Waals surface area contributed by atoms with Gasteiger partial charge in [0.1, 0.15) is 5.75 Å². The maximum absolute atomic E-state index is 12.3. The first-order valence-corrected chi connectivity index (χ1v) is 7.89. The van der Waals surface area contributed by atoms with Crippen molar-refractivity contribution in [1.29, 1.82) is 0 Å². The number of hydrogen-bond acceptors (Lipinski definition) is 3. The molecule has 0 aliphatic rings. The molecule has 0 heterocycles. The van der Waals surface area contributed by atoms with Gasteiger partial charge in [-0.1, -0.05) is 30.3 Å². The molecule has 4 heteroatoms. The van der Waals surface area contributed by atoms with Crippen molar-refractivity contribution in [3.05, 3.63) is 59.7 Å². The van der Waals surface area contributed by atoms with Crippen molar-refractivity contribution in [2.24, 2.45) is 0 Å². The lowest BCUT2D eigenvalue weighted by Crippen LogP contribution is -2.26. The van der Waals surface area contributed by atoms with E-state index in [2.05, 4.69) is 0 Å². The van der Waals surface area contributed by atoms with E-state index in [-0.39, 0.29) is 5.91 Å². The molecule has 2 aromatic carbocycles. The number of nitrogen functional groups attached to an aromatic ring is 1. The molecule has 2 N–H and O–H groups in total. The van der Waals surface area contributed by atoms with Gasteiger partial charge in [-0.3, -0.25) is 4.79 Å². The maximum atomic E-state index is 12.3. The van der Waals surface area contributed by atoms with Gasteiger partial charge in [-0.15, -0.1) is 0 Å². The highest BCUT2D eigenvalue weighted by molar-refractivity contribution is 5.76. The number of amides is 1. The summed E-state index contributed by atoms with van der Waals surface area (Å²) >= 11 is 0. The van der Waals surface area contributed by atoms with E-state index in [1.54, 1.807) is 4.90 Å². The minimum absolute atomic E-state index is 0.113. The van der Waals surface area contributed by atoms with E-state index in [4.69, 9.17) is 10.5 Å². The van der Waals surface area contributed by atoms with Crippen LogP contribution in [0.2, 0.25) is 0 Å². The molecule has 0 bridgehead atoms. The van der Waals surface area contributed by atoms with Crippen molar-refractivity contribution in [2.45, 2.75) is 26.3 Å². The smallest absolute Gasteiger partial charge is 0.222 e. The average molecular weight is 312 g/mol.